The number of hydrogen-bond donors (Lipinski definition) is 1. The number of hydrogen-bond acceptors (Lipinski definition) is 5. The van der Waals surface area contributed by atoms with E-state index in [0.29, 0.717) is 26.2 Å². The van der Waals surface area contributed by atoms with Gasteiger partial charge in [-0.05, 0) is 25.3 Å². The zero-order valence-electron chi connectivity index (χ0n) is 14.4. The van der Waals surface area contributed by atoms with Gasteiger partial charge in [0.1, 0.15) is 6.10 Å². The fourth-order valence-corrected chi connectivity index (χ4v) is 3.67. The topological polar surface area (TPSA) is 60.5 Å². The number of nitrogens with zero attached hydrogens (tertiary/aromatic N) is 1. The predicted octanol–water partition coefficient (Wildman–Crippen LogP) is 2.87. The van der Waals surface area contributed by atoms with Gasteiger partial charge in [-0.3, -0.25) is 4.79 Å². The highest BCUT2D eigenvalue weighted by Gasteiger charge is 2.28. The van der Waals surface area contributed by atoms with E-state index >= 15 is 0 Å². The Morgan fingerprint density at radius 1 is 1.40 bits per heavy atom. The molecule has 5 nitrogen and oxygen atoms in total. The maximum absolute atomic E-state index is 12.3. The van der Waals surface area contributed by atoms with E-state index in [9.17, 15) is 4.79 Å². The van der Waals surface area contributed by atoms with Crippen molar-refractivity contribution >= 4 is 17.2 Å². The van der Waals surface area contributed by atoms with Crippen LogP contribution in [0.4, 0.5) is 0 Å². The molecule has 1 aliphatic heterocycles. The zero-order valence-corrected chi connectivity index (χ0v) is 15.3. The summed E-state index contributed by atoms with van der Waals surface area (Å²) in [6.07, 6.45) is 1.89. The monoisotopic (exact) mass is 360 g/mol. The normalized spacial score (nSPS) is 20.4. The third-order valence-electron chi connectivity index (χ3n) is 4.38. The summed E-state index contributed by atoms with van der Waals surface area (Å²) in [4.78, 5) is 17.7. The summed E-state index contributed by atoms with van der Waals surface area (Å²) >= 11 is 1.61. The van der Waals surface area contributed by atoms with Crippen LogP contribution in [-0.4, -0.2) is 36.3 Å². The van der Waals surface area contributed by atoms with Gasteiger partial charge in [0.15, 0.2) is 0 Å². The number of amides is 1. The van der Waals surface area contributed by atoms with Crippen LogP contribution < -0.4 is 5.32 Å². The first-order valence-electron chi connectivity index (χ1n) is 8.64. The minimum absolute atomic E-state index is 0.00696. The third kappa shape index (κ3) is 5.36. The molecule has 1 aromatic heterocycles. The second-order valence-corrected chi connectivity index (χ2v) is 7.17. The molecule has 0 radical (unpaired) electrons. The lowest BCUT2D eigenvalue weighted by atomic mass is 10.1. The minimum Gasteiger partial charge on any atom is -0.379 e. The average Bonchev–Trinajstić information content (AvgIpc) is 3.05. The van der Waals surface area contributed by atoms with Gasteiger partial charge in [-0.2, -0.15) is 0 Å². The molecule has 0 bridgehead atoms. The van der Waals surface area contributed by atoms with Crippen LogP contribution in [0.3, 0.4) is 0 Å². The molecule has 0 aliphatic carbocycles. The highest BCUT2D eigenvalue weighted by atomic mass is 32.1. The van der Waals surface area contributed by atoms with Crippen LogP contribution in [-0.2, 0) is 27.3 Å². The second kappa shape index (κ2) is 9.08. The number of aromatic nitrogens is 1. The van der Waals surface area contributed by atoms with Crippen molar-refractivity contribution in [2.24, 2.45) is 0 Å². The van der Waals surface area contributed by atoms with E-state index in [1.54, 1.807) is 11.3 Å². The van der Waals surface area contributed by atoms with E-state index in [-0.39, 0.29) is 18.1 Å². The molecule has 6 heteroatoms. The molecule has 2 aromatic rings. The quantitative estimate of drug-likeness (QED) is 0.825. The lowest BCUT2D eigenvalue weighted by Gasteiger charge is -2.32. The van der Waals surface area contributed by atoms with Crippen molar-refractivity contribution in [3.63, 3.8) is 0 Å². The summed E-state index contributed by atoms with van der Waals surface area (Å²) in [6.45, 7) is 3.69. The highest BCUT2D eigenvalue weighted by Crippen LogP contribution is 2.16. The van der Waals surface area contributed by atoms with Crippen LogP contribution in [0.25, 0.3) is 0 Å². The molecule has 1 aliphatic rings. The number of carbonyl (C=O) groups excluding carboxylic acids is 1. The molecule has 134 valence electrons. The SMILES string of the molecule is Cc1ncsc1CCC(=O)N[C@@H]1CCOC[C@H]1OCc1ccccc1. The number of rotatable bonds is 7. The van der Waals surface area contributed by atoms with Gasteiger partial charge >= 0.3 is 0 Å². The lowest BCUT2D eigenvalue weighted by Crippen LogP contribution is -2.50. The van der Waals surface area contributed by atoms with Gasteiger partial charge in [-0.25, -0.2) is 4.98 Å². The number of carbonyl (C=O) groups is 1. The van der Waals surface area contributed by atoms with Crippen molar-refractivity contribution in [2.45, 2.75) is 44.9 Å². The van der Waals surface area contributed by atoms with Crippen molar-refractivity contribution in [3.05, 3.63) is 52.0 Å². The molecule has 1 amide bonds. The van der Waals surface area contributed by atoms with E-state index in [4.69, 9.17) is 9.47 Å². The summed E-state index contributed by atoms with van der Waals surface area (Å²) in [7, 11) is 0. The summed E-state index contributed by atoms with van der Waals surface area (Å²) in [6, 6.07) is 10.1. The molecule has 0 unspecified atom stereocenters. The Morgan fingerprint density at radius 2 is 2.24 bits per heavy atom. The average molecular weight is 360 g/mol. The summed E-state index contributed by atoms with van der Waals surface area (Å²) < 4.78 is 11.5. The van der Waals surface area contributed by atoms with Gasteiger partial charge in [0, 0.05) is 17.9 Å². The van der Waals surface area contributed by atoms with E-state index in [1.807, 2.05) is 42.8 Å². The van der Waals surface area contributed by atoms with Gasteiger partial charge in [0.05, 0.1) is 30.5 Å². The van der Waals surface area contributed by atoms with E-state index in [2.05, 4.69) is 10.3 Å². The Labute approximate surface area is 152 Å². The summed E-state index contributed by atoms with van der Waals surface area (Å²) in [5.74, 6) is 0.0630. The fraction of sp³-hybridized carbons (Fsp3) is 0.474. The summed E-state index contributed by atoms with van der Waals surface area (Å²) in [5, 5.41) is 3.13. The van der Waals surface area contributed by atoms with Crippen molar-refractivity contribution in [1.29, 1.82) is 0 Å². The van der Waals surface area contributed by atoms with E-state index in [0.717, 1.165) is 24.1 Å². The molecule has 0 saturated carbocycles. The predicted molar refractivity (Wildman–Crippen MR) is 97.6 cm³/mol. The van der Waals surface area contributed by atoms with Crippen LogP contribution in [0.5, 0.6) is 0 Å². The molecule has 25 heavy (non-hydrogen) atoms. The molecule has 3 rings (SSSR count). The van der Waals surface area contributed by atoms with Crippen LogP contribution in [0.1, 0.15) is 29.0 Å². The third-order valence-corrected chi connectivity index (χ3v) is 5.38. The Hall–Kier alpha value is -1.76. The van der Waals surface area contributed by atoms with Crippen molar-refractivity contribution in [1.82, 2.24) is 10.3 Å². The number of nitrogens with one attached hydrogen (secondary N) is 1. The van der Waals surface area contributed by atoms with Crippen LogP contribution in [0, 0.1) is 6.92 Å². The highest BCUT2D eigenvalue weighted by molar-refractivity contribution is 7.09. The second-order valence-electron chi connectivity index (χ2n) is 6.23. The molecule has 2 heterocycles. The standard InChI is InChI=1S/C19H24N2O3S/c1-14-18(25-13-20-14)7-8-19(22)21-16-9-10-23-12-17(16)24-11-15-5-3-2-4-6-15/h2-6,13,16-17H,7-12H2,1H3,(H,21,22)/t16-,17-/m1/s1. The lowest BCUT2D eigenvalue weighted by molar-refractivity contribution is -0.126. The fourth-order valence-electron chi connectivity index (χ4n) is 2.89. The summed E-state index contributed by atoms with van der Waals surface area (Å²) in [5.41, 5.74) is 3.97. The van der Waals surface area contributed by atoms with Gasteiger partial charge in [0.2, 0.25) is 5.91 Å². The first-order valence-corrected chi connectivity index (χ1v) is 9.52. The Bertz CT molecular complexity index is 674. The molecule has 0 spiro atoms. The van der Waals surface area contributed by atoms with Gasteiger partial charge < -0.3 is 14.8 Å². The number of aryl methyl sites for hydroxylation is 2. The molecular formula is C19H24N2O3S. The van der Waals surface area contributed by atoms with Crippen molar-refractivity contribution < 1.29 is 14.3 Å². The van der Waals surface area contributed by atoms with E-state index < -0.39 is 0 Å². The number of benzene rings is 1. The molecule has 2 atom stereocenters. The largest absolute Gasteiger partial charge is 0.379 e. The van der Waals surface area contributed by atoms with Crippen molar-refractivity contribution in [3.8, 4) is 0 Å². The van der Waals surface area contributed by atoms with Crippen LogP contribution in [0.2, 0.25) is 0 Å². The van der Waals surface area contributed by atoms with Crippen molar-refractivity contribution in [2.75, 3.05) is 13.2 Å². The van der Waals surface area contributed by atoms with Gasteiger partial charge in [0.25, 0.3) is 0 Å². The first kappa shape index (κ1) is 18.0. The maximum Gasteiger partial charge on any atom is 0.220 e. The van der Waals surface area contributed by atoms with Gasteiger partial charge in [-0.1, -0.05) is 30.3 Å². The van der Waals surface area contributed by atoms with E-state index in [1.165, 1.54) is 4.88 Å². The number of thiazole rings is 1. The smallest absolute Gasteiger partial charge is 0.220 e. The van der Waals surface area contributed by atoms with Crippen LogP contribution >= 0.6 is 11.3 Å². The zero-order chi connectivity index (χ0) is 17.5. The Kier molecular flexibility index (Phi) is 6.55. The number of ether oxygens (including phenoxy) is 2. The van der Waals surface area contributed by atoms with Gasteiger partial charge in [-0.15, -0.1) is 11.3 Å². The maximum atomic E-state index is 12.3. The molecular weight excluding hydrogens is 336 g/mol. The minimum atomic E-state index is -0.108. The molecule has 1 N–H and O–H groups in total. The molecule has 1 fully saturated rings. The first-order chi connectivity index (χ1) is 12.2. The Balaban J connectivity index is 1.48. The molecule has 1 saturated heterocycles. The molecule has 1 aromatic carbocycles. The Morgan fingerprint density at radius 3 is 3.00 bits per heavy atom. The van der Waals surface area contributed by atoms with Crippen LogP contribution in [0.15, 0.2) is 35.8 Å².